The monoisotopic (exact) mass is 171 g/mol. The van der Waals surface area contributed by atoms with E-state index in [9.17, 15) is 4.79 Å². The van der Waals surface area contributed by atoms with Gasteiger partial charge in [0, 0.05) is 19.6 Å². The standard InChI is InChI=1S/C7H11N3O2/c1-10-3-5(9-4-10)2-6(8)7(11)12/h3-4,6H,2,8H2,1H3,(H,11,12)/t6-/m0/s1/i3T. The zero-order valence-electron chi connectivity index (χ0n) is 7.69. The highest BCUT2D eigenvalue weighted by atomic mass is 16.4. The molecule has 0 amide bonds. The number of hydrogen-bond donors (Lipinski definition) is 2. The molecule has 66 valence electrons. The summed E-state index contributed by atoms with van der Waals surface area (Å²) in [5.74, 6) is -1.08. The zero-order chi connectivity index (χ0) is 10.0. The van der Waals surface area contributed by atoms with Crippen molar-refractivity contribution in [1.29, 1.82) is 0 Å². The average Bonchev–Trinajstić information content (AvgIpc) is 2.36. The molecule has 1 heterocycles. The summed E-state index contributed by atoms with van der Waals surface area (Å²) in [6.45, 7) is 0. The maximum atomic E-state index is 10.4. The molecule has 1 aromatic rings. The number of carbonyl (C=O) groups is 1. The van der Waals surface area contributed by atoms with Crippen molar-refractivity contribution in [3.8, 4) is 0 Å². The largest absolute Gasteiger partial charge is 0.480 e. The predicted molar refractivity (Wildman–Crippen MR) is 42.5 cm³/mol. The van der Waals surface area contributed by atoms with Crippen molar-refractivity contribution in [3.05, 3.63) is 18.2 Å². The minimum Gasteiger partial charge on any atom is -0.480 e. The molecular weight excluding hydrogens is 158 g/mol. The fourth-order valence-corrected chi connectivity index (χ4v) is 0.812. The number of nitrogens with zero attached hydrogens (tertiary/aromatic N) is 2. The Morgan fingerprint density at radius 3 is 3.17 bits per heavy atom. The molecule has 0 radical (unpaired) electrons. The summed E-state index contributed by atoms with van der Waals surface area (Å²) in [4.78, 5) is 14.3. The number of carboxylic acids is 1. The van der Waals surface area contributed by atoms with E-state index in [1.165, 1.54) is 10.9 Å². The van der Waals surface area contributed by atoms with E-state index >= 15 is 0 Å². The van der Waals surface area contributed by atoms with Crippen molar-refractivity contribution < 1.29 is 11.3 Å². The van der Waals surface area contributed by atoms with Crippen LogP contribution in [-0.2, 0) is 18.3 Å². The Bertz CT molecular complexity index is 324. The summed E-state index contributed by atoms with van der Waals surface area (Å²) < 4.78 is 8.97. The van der Waals surface area contributed by atoms with Gasteiger partial charge in [0.15, 0.2) is 0 Å². The van der Waals surface area contributed by atoms with E-state index in [0.717, 1.165) is 0 Å². The summed E-state index contributed by atoms with van der Waals surface area (Å²) in [6, 6.07) is -0.987. The Morgan fingerprint density at radius 2 is 2.75 bits per heavy atom. The Balaban J connectivity index is 2.74. The van der Waals surface area contributed by atoms with E-state index in [1.54, 1.807) is 7.05 Å². The molecule has 0 aliphatic heterocycles. The third kappa shape index (κ3) is 2.06. The maximum absolute atomic E-state index is 10.4. The maximum Gasteiger partial charge on any atom is 0.320 e. The molecule has 0 bridgehead atoms. The number of aliphatic carboxylic acids is 1. The number of carboxylic acid groups (broad SMARTS) is 1. The third-order valence-electron chi connectivity index (χ3n) is 1.42. The van der Waals surface area contributed by atoms with E-state index < -0.39 is 12.0 Å². The lowest BCUT2D eigenvalue weighted by molar-refractivity contribution is -0.138. The second-order valence-electron chi connectivity index (χ2n) is 2.56. The van der Waals surface area contributed by atoms with Crippen LogP contribution in [0.15, 0.2) is 12.5 Å². The third-order valence-corrected chi connectivity index (χ3v) is 1.42. The van der Waals surface area contributed by atoms with Gasteiger partial charge < -0.3 is 15.4 Å². The number of imidazole rings is 1. The van der Waals surface area contributed by atoms with Crippen molar-refractivity contribution in [2.24, 2.45) is 12.8 Å². The molecule has 1 aromatic heterocycles. The van der Waals surface area contributed by atoms with Crippen LogP contribution in [0.3, 0.4) is 0 Å². The molecule has 0 saturated carbocycles. The topological polar surface area (TPSA) is 81.1 Å². The molecule has 0 aromatic carbocycles. The van der Waals surface area contributed by atoms with Crippen molar-refractivity contribution in [2.75, 3.05) is 0 Å². The van der Waals surface area contributed by atoms with Crippen LogP contribution in [0, 0.1) is 0 Å². The van der Waals surface area contributed by atoms with Gasteiger partial charge in [-0.15, -0.1) is 0 Å². The first kappa shape index (κ1) is 7.30. The summed E-state index contributed by atoms with van der Waals surface area (Å²) in [5.41, 5.74) is 5.71. The second kappa shape index (κ2) is 3.36. The molecule has 1 rings (SSSR count). The zero-order valence-corrected chi connectivity index (χ0v) is 6.69. The summed E-state index contributed by atoms with van der Waals surface area (Å²) in [5, 5.41) is 8.52. The lowest BCUT2D eigenvalue weighted by Gasteiger charge is -2.01. The predicted octanol–water partition coefficient (Wildman–Crippen LogP) is -0.626. The smallest absolute Gasteiger partial charge is 0.320 e. The van der Waals surface area contributed by atoms with E-state index in [2.05, 4.69) is 4.98 Å². The molecule has 0 fully saturated rings. The highest BCUT2D eigenvalue weighted by molar-refractivity contribution is 5.73. The molecular formula is C7H11N3O2. The highest BCUT2D eigenvalue weighted by Gasteiger charge is 2.12. The minimum atomic E-state index is -1.08. The average molecular weight is 171 g/mol. The molecule has 3 N–H and O–H groups in total. The van der Waals surface area contributed by atoms with Gasteiger partial charge in [-0.1, -0.05) is 0 Å². The van der Waals surface area contributed by atoms with E-state index in [1.807, 2.05) is 0 Å². The van der Waals surface area contributed by atoms with E-state index in [-0.39, 0.29) is 12.6 Å². The SMILES string of the molecule is [3H]c1c(C[C@H](N)C(=O)O)ncn1C. The fourth-order valence-electron chi connectivity index (χ4n) is 0.812. The van der Waals surface area contributed by atoms with Gasteiger partial charge in [-0.25, -0.2) is 4.98 Å². The quantitative estimate of drug-likeness (QED) is 0.634. The van der Waals surface area contributed by atoms with Gasteiger partial charge in [0.05, 0.1) is 13.4 Å². The van der Waals surface area contributed by atoms with Crippen LogP contribution >= 0.6 is 0 Å². The molecule has 0 saturated heterocycles. The number of nitrogens with two attached hydrogens (primary N) is 1. The van der Waals surface area contributed by atoms with Gasteiger partial charge in [-0.3, -0.25) is 4.79 Å². The fraction of sp³-hybridized carbons (Fsp3) is 0.429. The van der Waals surface area contributed by atoms with Gasteiger partial charge >= 0.3 is 5.97 Å². The lowest BCUT2D eigenvalue weighted by atomic mass is 10.2. The van der Waals surface area contributed by atoms with Gasteiger partial charge in [-0.05, 0) is 0 Å². The number of aromatic nitrogens is 2. The van der Waals surface area contributed by atoms with Crippen LogP contribution in [0.1, 0.15) is 7.06 Å². The molecule has 5 heteroatoms. The number of aryl methyl sites for hydroxylation is 1. The lowest BCUT2D eigenvalue weighted by Crippen LogP contribution is -2.32. The normalized spacial score (nSPS) is 14.0. The van der Waals surface area contributed by atoms with Gasteiger partial charge in [0.25, 0.3) is 0 Å². The molecule has 5 nitrogen and oxygen atoms in total. The minimum absolute atomic E-state index is 0.0923. The Hall–Kier alpha value is -1.36. The Morgan fingerprint density at radius 1 is 2.08 bits per heavy atom. The molecule has 0 unspecified atom stereocenters. The van der Waals surface area contributed by atoms with Crippen molar-refractivity contribution in [2.45, 2.75) is 12.5 Å². The first-order valence-corrected chi connectivity index (χ1v) is 3.47. The first-order valence-electron chi connectivity index (χ1n) is 3.97. The van der Waals surface area contributed by atoms with Gasteiger partial charge in [-0.2, -0.15) is 0 Å². The van der Waals surface area contributed by atoms with E-state index in [0.29, 0.717) is 5.69 Å². The molecule has 0 spiro atoms. The summed E-state index contributed by atoms with van der Waals surface area (Å²) in [7, 11) is 1.67. The van der Waals surface area contributed by atoms with E-state index in [4.69, 9.17) is 12.2 Å². The van der Waals surface area contributed by atoms with Crippen molar-refractivity contribution in [1.82, 2.24) is 9.55 Å². The van der Waals surface area contributed by atoms with Crippen molar-refractivity contribution in [3.63, 3.8) is 0 Å². The van der Waals surface area contributed by atoms with Crippen LogP contribution in [-0.4, -0.2) is 26.7 Å². The summed E-state index contributed by atoms with van der Waals surface area (Å²) in [6.07, 6.45) is 1.76. The van der Waals surface area contributed by atoms with Gasteiger partial charge in [0.1, 0.15) is 6.04 Å². The second-order valence-corrected chi connectivity index (χ2v) is 2.56. The van der Waals surface area contributed by atoms with Crippen LogP contribution in [0.25, 0.3) is 0 Å². The van der Waals surface area contributed by atoms with Gasteiger partial charge in [0.2, 0.25) is 0 Å². The first-order chi connectivity index (χ1) is 6.02. The molecule has 1 atom stereocenters. The van der Waals surface area contributed by atoms with Crippen LogP contribution < -0.4 is 5.73 Å². The highest BCUT2D eigenvalue weighted by Crippen LogP contribution is 1.97. The Labute approximate surface area is 71.2 Å². The van der Waals surface area contributed by atoms with Crippen LogP contribution in [0.4, 0.5) is 0 Å². The summed E-state index contributed by atoms with van der Waals surface area (Å²) >= 11 is 0. The van der Waals surface area contributed by atoms with Crippen LogP contribution in [0.2, 0.25) is 0 Å². The Kier molecular flexibility index (Phi) is 2.04. The number of hydrogen-bond acceptors (Lipinski definition) is 3. The van der Waals surface area contributed by atoms with Crippen molar-refractivity contribution >= 4 is 5.97 Å². The molecule has 0 aliphatic rings. The van der Waals surface area contributed by atoms with Crippen LogP contribution in [0.5, 0.6) is 0 Å². The number of rotatable bonds is 3. The molecule has 12 heavy (non-hydrogen) atoms. The molecule has 0 aliphatic carbocycles.